The van der Waals surface area contributed by atoms with Gasteiger partial charge in [0.15, 0.2) is 0 Å². The summed E-state index contributed by atoms with van der Waals surface area (Å²) in [6.07, 6.45) is 6.31. The summed E-state index contributed by atoms with van der Waals surface area (Å²) in [7, 11) is 0. The van der Waals surface area contributed by atoms with Gasteiger partial charge in [-0.1, -0.05) is 6.92 Å². The number of ether oxygens (including phenoxy) is 1. The van der Waals surface area contributed by atoms with Gasteiger partial charge in [-0.25, -0.2) is 0 Å². The van der Waals surface area contributed by atoms with E-state index in [-0.39, 0.29) is 0 Å². The van der Waals surface area contributed by atoms with Crippen LogP contribution in [0, 0.1) is 0 Å². The predicted molar refractivity (Wildman–Crippen MR) is 77.5 cm³/mol. The molecule has 0 amide bonds. The summed E-state index contributed by atoms with van der Waals surface area (Å²) in [5.74, 6) is 0. The molecule has 0 bridgehead atoms. The van der Waals surface area contributed by atoms with E-state index in [1.165, 1.54) is 51.9 Å². The molecule has 4 nitrogen and oxygen atoms in total. The highest BCUT2D eigenvalue weighted by Gasteiger charge is 2.32. The molecular weight excluding hydrogens is 238 g/mol. The van der Waals surface area contributed by atoms with Gasteiger partial charge in [-0.3, -0.25) is 9.80 Å². The molecule has 2 atom stereocenters. The number of nitrogens with zero attached hydrogens (tertiary/aromatic N) is 2. The lowest BCUT2D eigenvalue weighted by Gasteiger charge is -2.35. The number of hydrogen-bond acceptors (Lipinski definition) is 4. The third-order valence-electron chi connectivity index (χ3n) is 4.75. The molecule has 2 unspecified atom stereocenters. The second-order valence-corrected chi connectivity index (χ2v) is 6.33. The van der Waals surface area contributed by atoms with E-state index in [2.05, 4.69) is 22.0 Å². The Morgan fingerprint density at radius 3 is 2.42 bits per heavy atom. The molecule has 3 rings (SSSR count). The fourth-order valence-electron chi connectivity index (χ4n) is 3.41. The van der Waals surface area contributed by atoms with E-state index in [0.29, 0.717) is 12.2 Å². The first-order chi connectivity index (χ1) is 9.35. The van der Waals surface area contributed by atoms with Crippen LogP contribution in [0.15, 0.2) is 0 Å². The van der Waals surface area contributed by atoms with Crippen molar-refractivity contribution < 1.29 is 4.74 Å². The van der Waals surface area contributed by atoms with Gasteiger partial charge < -0.3 is 10.1 Å². The Kier molecular flexibility index (Phi) is 4.74. The summed E-state index contributed by atoms with van der Waals surface area (Å²) >= 11 is 0. The van der Waals surface area contributed by atoms with Crippen molar-refractivity contribution in [3.05, 3.63) is 0 Å². The van der Waals surface area contributed by atoms with E-state index in [0.717, 1.165) is 25.7 Å². The molecule has 2 heterocycles. The summed E-state index contributed by atoms with van der Waals surface area (Å²) in [4.78, 5) is 5.29. The van der Waals surface area contributed by atoms with E-state index in [9.17, 15) is 0 Å². The SMILES string of the molecule is CCNCC1CCC(CN2CCN(C3CC3)CC2)O1. The van der Waals surface area contributed by atoms with Crippen LogP contribution in [0.1, 0.15) is 32.6 Å². The Balaban J connectivity index is 1.33. The summed E-state index contributed by atoms with van der Waals surface area (Å²) in [6.45, 7) is 10.4. The molecule has 0 aromatic carbocycles. The third kappa shape index (κ3) is 3.91. The topological polar surface area (TPSA) is 27.7 Å². The average Bonchev–Trinajstić information content (AvgIpc) is 3.19. The first-order valence-corrected chi connectivity index (χ1v) is 8.17. The van der Waals surface area contributed by atoms with E-state index in [1.807, 2.05) is 0 Å². The highest BCUT2D eigenvalue weighted by atomic mass is 16.5. The molecular formula is C15H29N3O. The molecule has 0 aromatic rings. The minimum atomic E-state index is 0.456. The average molecular weight is 267 g/mol. The molecule has 1 aliphatic carbocycles. The zero-order chi connectivity index (χ0) is 13.1. The van der Waals surface area contributed by atoms with Crippen molar-refractivity contribution in [2.45, 2.75) is 50.9 Å². The van der Waals surface area contributed by atoms with Crippen LogP contribution in [0.4, 0.5) is 0 Å². The molecule has 2 aliphatic heterocycles. The van der Waals surface area contributed by atoms with Crippen molar-refractivity contribution in [3.63, 3.8) is 0 Å². The van der Waals surface area contributed by atoms with Gasteiger partial charge in [0.1, 0.15) is 0 Å². The monoisotopic (exact) mass is 267 g/mol. The van der Waals surface area contributed by atoms with Gasteiger partial charge in [0.25, 0.3) is 0 Å². The highest BCUT2D eigenvalue weighted by molar-refractivity contribution is 4.88. The maximum Gasteiger partial charge on any atom is 0.0707 e. The number of hydrogen-bond donors (Lipinski definition) is 1. The molecule has 0 aromatic heterocycles. The Labute approximate surface area is 117 Å². The standard InChI is InChI=1S/C15H29N3O/c1-2-16-11-14-5-6-15(19-14)12-17-7-9-18(10-8-17)13-3-4-13/h13-16H,2-12H2,1H3. The van der Waals surface area contributed by atoms with Crippen molar-refractivity contribution in [1.82, 2.24) is 15.1 Å². The fraction of sp³-hybridized carbons (Fsp3) is 1.00. The van der Waals surface area contributed by atoms with Gasteiger partial charge >= 0.3 is 0 Å². The maximum absolute atomic E-state index is 6.14. The predicted octanol–water partition coefficient (Wildman–Crippen LogP) is 0.924. The number of piperazine rings is 1. The van der Waals surface area contributed by atoms with Gasteiger partial charge in [0.05, 0.1) is 12.2 Å². The molecule has 1 N–H and O–H groups in total. The molecule has 0 spiro atoms. The summed E-state index contributed by atoms with van der Waals surface area (Å²) < 4.78 is 6.14. The van der Waals surface area contributed by atoms with Crippen LogP contribution < -0.4 is 5.32 Å². The summed E-state index contributed by atoms with van der Waals surface area (Å²) in [5, 5.41) is 3.39. The summed E-state index contributed by atoms with van der Waals surface area (Å²) in [6, 6.07) is 0.939. The molecule has 3 fully saturated rings. The number of rotatable bonds is 6. The summed E-state index contributed by atoms with van der Waals surface area (Å²) in [5.41, 5.74) is 0. The Morgan fingerprint density at radius 1 is 1.00 bits per heavy atom. The van der Waals surface area contributed by atoms with E-state index in [1.54, 1.807) is 0 Å². The van der Waals surface area contributed by atoms with Crippen LogP contribution in [-0.2, 0) is 4.74 Å². The van der Waals surface area contributed by atoms with Crippen LogP contribution >= 0.6 is 0 Å². The highest BCUT2D eigenvalue weighted by Crippen LogP contribution is 2.28. The molecule has 2 saturated heterocycles. The maximum atomic E-state index is 6.14. The molecule has 110 valence electrons. The van der Waals surface area contributed by atoms with E-state index >= 15 is 0 Å². The van der Waals surface area contributed by atoms with Crippen molar-refractivity contribution in [2.24, 2.45) is 0 Å². The minimum Gasteiger partial charge on any atom is -0.372 e. The van der Waals surface area contributed by atoms with Gasteiger partial charge in [0.2, 0.25) is 0 Å². The number of nitrogens with one attached hydrogen (secondary N) is 1. The smallest absolute Gasteiger partial charge is 0.0707 e. The fourth-order valence-corrected chi connectivity index (χ4v) is 3.41. The lowest BCUT2D eigenvalue weighted by molar-refractivity contribution is 0.0122. The largest absolute Gasteiger partial charge is 0.372 e. The van der Waals surface area contributed by atoms with Crippen molar-refractivity contribution >= 4 is 0 Å². The van der Waals surface area contributed by atoms with E-state index in [4.69, 9.17) is 4.74 Å². The van der Waals surface area contributed by atoms with Crippen LogP contribution in [0.2, 0.25) is 0 Å². The zero-order valence-electron chi connectivity index (χ0n) is 12.3. The first kappa shape index (κ1) is 13.8. The van der Waals surface area contributed by atoms with Gasteiger partial charge in [-0.05, 0) is 32.2 Å². The van der Waals surface area contributed by atoms with Gasteiger partial charge in [-0.15, -0.1) is 0 Å². The van der Waals surface area contributed by atoms with Crippen LogP contribution in [0.5, 0.6) is 0 Å². The third-order valence-corrected chi connectivity index (χ3v) is 4.75. The van der Waals surface area contributed by atoms with Crippen LogP contribution in [0.3, 0.4) is 0 Å². The second kappa shape index (κ2) is 6.53. The lowest BCUT2D eigenvalue weighted by atomic mass is 10.1. The minimum absolute atomic E-state index is 0.456. The first-order valence-electron chi connectivity index (χ1n) is 8.17. The second-order valence-electron chi connectivity index (χ2n) is 6.33. The molecule has 1 saturated carbocycles. The van der Waals surface area contributed by atoms with E-state index < -0.39 is 0 Å². The Hall–Kier alpha value is -0.160. The number of likely N-dealkylation sites (N-methyl/N-ethyl adjacent to an activating group) is 1. The molecule has 0 radical (unpaired) electrons. The van der Waals surface area contributed by atoms with Crippen LogP contribution in [-0.4, -0.2) is 73.9 Å². The molecule has 19 heavy (non-hydrogen) atoms. The van der Waals surface area contributed by atoms with Crippen molar-refractivity contribution in [1.29, 1.82) is 0 Å². The zero-order valence-corrected chi connectivity index (χ0v) is 12.3. The van der Waals surface area contributed by atoms with Gasteiger partial charge in [0, 0.05) is 45.3 Å². The van der Waals surface area contributed by atoms with Crippen LogP contribution in [0.25, 0.3) is 0 Å². The van der Waals surface area contributed by atoms with Gasteiger partial charge in [-0.2, -0.15) is 0 Å². The molecule has 3 aliphatic rings. The Morgan fingerprint density at radius 2 is 1.74 bits per heavy atom. The van der Waals surface area contributed by atoms with Crippen molar-refractivity contribution in [2.75, 3.05) is 45.8 Å². The molecule has 4 heteroatoms. The quantitative estimate of drug-likeness (QED) is 0.775. The normalized spacial score (nSPS) is 33.9. The lowest BCUT2D eigenvalue weighted by Crippen LogP contribution is -2.49. The van der Waals surface area contributed by atoms with Crippen molar-refractivity contribution in [3.8, 4) is 0 Å². The Bertz CT molecular complexity index is 275.